The van der Waals surface area contributed by atoms with Crippen molar-refractivity contribution in [3.8, 4) is 11.5 Å². The highest BCUT2D eigenvalue weighted by molar-refractivity contribution is 7.21. The van der Waals surface area contributed by atoms with Gasteiger partial charge in [0, 0.05) is 26.4 Å². The first-order chi connectivity index (χ1) is 20.8. The number of nitrogens with zero attached hydrogens (tertiary/aromatic N) is 4. The Morgan fingerprint density at radius 2 is 1.91 bits per heavy atom. The SMILES string of the molecule is COCC(C)C(=O)N1CCCC(N2C(=O)N(c3ccc(Oc4ccccc4)cc3C)c3ccnc4sc(C(N)=O)c2c34)C1. The minimum atomic E-state index is -0.619. The van der Waals surface area contributed by atoms with E-state index in [1.54, 1.807) is 34.1 Å². The Labute approximate surface area is 253 Å². The largest absolute Gasteiger partial charge is 0.457 e. The van der Waals surface area contributed by atoms with Crippen molar-refractivity contribution in [2.24, 2.45) is 11.7 Å². The minimum absolute atomic E-state index is 0.0228. The van der Waals surface area contributed by atoms with E-state index in [9.17, 15) is 14.4 Å². The van der Waals surface area contributed by atoms with Crippen molar-refractivity contribution in [3.05, 3.63) is 71.2 Å². The van der Waals surface area contributed by atoms with Crippen LogP contribution in [0.4, 0.5) is 21.9 Å². The fraction of sp³-hybridized carbons (Fsp3) is 0.312. The highest BCUT2D eigenvalue weighted by Crippen LogP contribution is 2.50. The summed E-state index contributed by atoms with van der Waals surface area (Å²) >= 11 is 1.18. The van der Waals surface area contributed by atoms with E-state index in [2.05, 4.69) is 4.98 Å². The zero-order chi connectivity index (χ0) is 30.2. The molecule has 2 N–H and O–H groups in total. The molecule has 43 heavy (non-hydrogen) atoms. The van der Waals surface area contributed by atoms with Gasteiger partial charge in [-0.1, -0.05) is 25.1 Å². The average molecular weight is 600 g/mol. The van der Waals surface area contributed by atoms with Gasteiger partial charge in [0.25, 0.3) is 5.91 Å². The Balaban J connectivity index is 1.43. The molecule has 4 heterocycles. The van der Waals surface area contributed by atoms with Crippen molar-refractivity contribution in [2.75, 3.05) is 36.6 Å². The molecule has 0 radical (unpaired) electrons. The van der Waals surface area contributed by atoms with Gasteiger partial charge in [-0.05, 0) is 61.7 Å². The molecule has 4 amide bonds. The van der Waals surface area contributed by atoms with E-state index in [4.69, 9.17) is 15.2 Å². The summed E-state index contributed by atoms with van der Waals surface area (Å²) in [6.07, 6.45) is 3.01. The molecule has 2 aliphatic rings. The number of ether oxygens (including phenoxy) is 2. The van der Waals surface area contributed by atoms with Crippen LogP contribution < -0.4 is 20.3 Å². The number of methoxy groups -OCH3 is 1. The van der Waals surface area contributed by atoms with Gasteiger partial charge in [0.1, 0.15) is 21.2 Å². The van der Waals surface area contributed by atoms with Crippen molar-refractivity contribution >= 4 is 56.5 Å². The van der Waals surface area contributed by atoms with Crippen LogP contribution >= 0.6 is 11.3 Å². The summed E-state index contributed by atoms with van der Waals surface area (Å²) in [5.74, 6) is 0.406. The van der Waals surface area contributed by atoms with Gasteiger partial charge in [-0.2, -0.15) is 0 Å². The lowest BCUT2D eigenvalue weighted by molar-refractivity contribution is -0.137. The lowest BCUT2D eigenvalue weighted by Gasteiger charge is -2.44. The molecule has 2 aromatic carbocycles. The third-order valence-corrected chi connectivity index (χ3v) is 9.05. The molecule has 0 bridgehead atoms. The second kappa shape index (κ2) is 11.7. The topological polar surface area (TPSA) is 118 Å². The van der Waals surface area contributed by atoms with Gasteiger partial charge in [0.05, 0.1) is 41.0 Å². The number of amides is 4. The number of benzene rings is 2. The number of nitrogens with two attached hydrogens (primary N) is 1. The van der Waals surface area contributed by atoms with E-state index in [1.807, 2.05) is 62.4 Å². The molecule has 10 nitrogen and oxygen atoms in total. The maximum absolute atomic E-state index is 14.7. The van der Waals surface area contributed by atoms with Crippen molar-refractivity contribution < 1.29 is 23.9 Å². The number of carbonyl (C=O) groups is 3. The molecule has 6 rings (SSSR count). The minimum Gasteiger partial charge on any atom is -0.457 e. The van der Waals surface area contributed by atoms with Crippen molar-refractivity contribution in [2.45, 2.75) is 32.7 Å². The summed E-state index contributed by atoms with van der Waals surface area (Å²) in [5.41, 5.74) is 8.47. The van der Waals surface area contributed by atoms with Crippen LogP contribution in [0.15, 0.2) is 60.8 Å². The number of thiophene rings is 1. The lowest BCUT2D eigenvalue weighted by atomic mass is 9.99. The number of aryl methyl sites for hydroxylation is 1. The fourth-order valence-electron chi connectivity index (χ4n) is 6.02. The van der Waals surface area contributed by atoms with Gasteiger partial charge >= 0.3 is 6.03 Å². The molecule has 1 saturated heterocycles. The monoisotopic (exact) mass is 599 g/mol. The summed E-state index contributed by atoms with van der Waals surface area (Å²) in [5, 5.41) is 0.695. The third-order valence-electron chi connectivity index (χ3n) is 7.95. The van der Waals surface area contributed by atoms with E-state index in [0.717, 1.165) is 5.56 Å². The van der Waals surface area contributed by atoms with Crippen LogP contribution in [0.25, 0.3) is 10.2 Å². The Morgan fingerprint density at radius 3 is 2.63 bits per heavy atom. The molecule has 0 aliphatic carbocycles. The van der Waals surface area contributed by atoms with Gasteiger partial charge in [-0.25, -0.2) is 9.78 Å². The van der Waals surface area contributed by atoms with E-state index in [0.29, 0.717) is 71.3 Å². The summed E-state index contributed by atoms with van der Waals surface area (Å²) < 4.78 is 11.3. The van der Waals surface area contributed by atoms with Gasteiger partial charge in [-0.15, -0.1) is 11.3 Å². The number of hydrogen-bond acceptors (Lipinski definition) is 7. The highest BCUT2D eigenvalue weighted by atomic mass is 32.1. The molecule has 0 saturated carbocycles. The first-order valence-corrected chi connectivity index (χ1v) is 15.1. The molecular formula is C32H33N5O5S. The quantitative estimate of drug-likeness (QED) is 0.272. The number of carbonyl (C=O) groups excluding carboxylic acids is 3. The van der Waals surface area contributed by atoms with Crippen molar-refractivity contribution in [1.82, 2.24) is 9.88 Å². The van der Waals surface area contributed by atoms with Crippen molar-refractivity contribution in [3.63, 3.8) is 0 Å². The number of pyridine rings is 1. The van der Waals surface area contributed by atoms with Gasteiger partial charge < -0.3 is 20.1 Å². The number of rotatable bonds is 8. The first kappa shape index (κ1) is 28.6. The average Bonchev–Trinajstić information content (AvgIpc) is 3.39. The first-order valence-electron chi connectivity index (χ1n) is 14.2. The van der Waals surface area contributed by atoms with E-state index >= 15 is 0 Å². The highest BCUT2D eigenvalue weighted by Gasteiger charge is 2.43. The van der Waals surface area contributed by atoms with Crippen LogP contribution in [0.2, 0.25) is 0 Å². The number of piperidine rings is 1. The Hall–Kier alpha value is -4.48. The van der Waals surface area contributed by atoms with E-state index in [1.165, 1.54) is 11.3 Å². The molecule has 0 spiro atoms. The second-order valence-electron chi connectivity index (χ2n) is 10.9. The van der Waals surface area contributed by atoms with Gasteiger partial charge in [0.15, 0.2) is 0 Å². The second-order valence-corrected chi connectivity index (χ2v) is 11.9. The van der Waals surface area contributed by atoms with Crippen LogP contribution in [-0.2, 0) is 9.53 Å². The van der Waals surface area contributed by atoms with E-state index in [-0.39, 0.29) is 28.8 Å². The predicted octanol–water partition coefficient (Wildman–Crippen LogP) is 5.85. The molecule has 2 aromatic heterocycles. The number of aromatic nitrogens is 1. The number of primary amides is 1. The van der Waals surface area contributed by atoms with Gasteiger partial charge in [0.2, 0.25) is 5.91 Å². The number of likely N-dealkylation sites (tertiary alicyclic amines) is 1. The van der Waals surface area contributed by atoms with Crippen LogP contribution in [0.3, 0.4) is 0 Å². The van der Waals surface area contributed by atoms with Crippen LogP contribution in [0.1, 0.15) is 35.0 Å². The Kier molecular flexibility index (Phi) is 7.76. The summed E-state index contributed by atoms with van der Waals surface area (Å²) in [6, 6.07) is 16.2. The summed E-state index contributed by atoms with van der Waals surface area (Å²) in [6.45, 7) is 5.01. The predicted molar refractivity (Wildman–Crippen MR) is 166 cm³/mol. The lowest BCUT2D eigenvalue weighted by Crippen LogP contribution is -2.56. The van der Waals surface area contributed by atoms with Crippen LogP contribution in [0.5, 0.6) is 11.5 Å². The summed E-state index contributed by atoms with van der Waals surface area (Å²) in [7, 11) is 1.57. The smallest absolute Gasteiger partial charge is 0.334 e. The zero-order valence-corrected chi connectivity index (χ0v) is 25.1. The number of hydrogen-bond donors (Lipinski definition) is 1. The molecule has 4 aromatic rings. The molecule has 2 atom stereocenters. The van der Waals surface area contributed by atoms with E-state index < -0.39 is 5.91 Å². The van der Waals surface area contributed by atoms with Crippen LogP contribution in [0, 0.1) is 12.8 Å². The molecule has 2 unspecified atom stereocenters. The maximum atomic E-state index is 14.7. The standard InChI is InChI=1S/C32H33N5O5S/c1-19-16-23(42-22-9-5-4-6-10-22)11-12-24(19)37-25-13-14-34-30-26(25)27(28(43-30)29(33)38)36(32(37)40)21-8-7-15-35(17-21)31(39)20(2)18-41-3/h4-6,9-14,16,20-21H,7-8,15,17-18H2,1-3H3,(H2,33,38). The third kappa shape index (κ3) is 5.19. The van der Waals surface area contributed by atoms with Gasteiger partial charge in [-0.3, -0.25) is 19.4 Å². The normalized spacial score (nSPS) is 17.3. The zero-order valence-electron chi connectivity index (χ0n) is 24.3. The fourth-order valence-corrected chi connectivity index (χ4v) is 7.03. The number of para-hydroxylation sites is 1. The Morgan fingerprint density at radius 1 is 1.12 bits per heavy atom. The number of urea groups is 1. The molecule has 11 heteroatoms. The molecule has 2 aliphatic heterocycles. The summed E-state index contributed by atoms with van der Waals surface area (Å²) in [4.78, 5) is 51.2. The molecule has 222 valence electrons. The Bertz CT molecular complexity index is 1710. The maximum Gasteiger partial charge on any atom is 0.334 e. The van der Waals surface area contributed by atoms with Crippen LogP contribution in [-0.4, -0.2) is 60.6 Å². The molecular weight excluding hydrogens is 566 g/mol. The van der Waals surface area contributed by atoms with Crippen molar-refractivity contribution in [1.29, 1.82) is 0 Å². The molecule has 1 fully saturated rings. The number of anilines is 3.